The molecule has 0 aliphatic carbocycles. The van der Waals surface area contributed by atoms with E-state index in [0.717, 1.165) is 49.1 Å². The van der Waals surface area contributed by atoms with Crippen LogP contribution in [0.5, 0.6) is 0 Å². The Morgan fingerprint density at radius 3 is 2.54 bits per heavy atom. The Balaban J connectivity index is 2.49. The van der Waals surface area contributed by atoms with E-state index < -0.39 is 0 Å². The van der Waals surface area contributed by atoms with E-state index in [1.54, 1.807) is 0 Å². The van der Waals surface area contributed by atoms with E-state index in [9.17, 15) is 0 Å². The predicted molar refractivity (Wildman–Crippen MR) is 106 cm³/mol. The van der Waals surface area contributed by atoms with Gasteiger partial charge in [-0.15, -0.1) is 0 Å². The van der Waals surface area contributed by atoms with Crippen LogP contribution in [0, 0.1) is 0 Å². The third kappa shape index (κ3) is 8.02. The van der Waals surface area contributed by atoms with E-state index in [2.05, 4.69) is 48.2 Å². The zero-order valence-corrected chi connectivity index (χ0v) is 16.4. The van der Waals surface area contributed by atoms with Gasteiger partial charge in [0.15, 0.2) is 5.96 Å². The summed E-state index contributed by atoms with van der Waals surface area (Å²) < 4.78 is 0. The van der Waals surface area contributed by atoms with E-state index in [0.29, 0.717) is 12.6 Å². The number of guanidine groups is 1. The minimum atomic E-state index is 0.393. The number of nitrogens with zero attached hydrogens (tertiary/aromatic N) is 2. The van der Waals surface area contributed by atoms with Crippen LogP contribution in [0.25, 0.3) is 0 Å². The van der Waals surface area contributed by atoms with Crippen LogP contribution in [-0.2, 0) is 6.54 Å². The molecule has 1 unspecified atom stereocenters. The molecule has 1 aromatic carbocycles. The summed E-state index contributed by atoms with van der Waals surface area (Å²) in [7, 11) is 0. The number of rotatable bonds is 10. The number of aliphatic imine (C=N–C) groups is 1. The van der Waals surface area contributed by atoms with Crippen molar-refractivity contribution in [2.24, 2.45) is 4.99 Å². The highest BCUT2D eigenvalue weighted by atomic mass is 35.5. The van der Waals surface area contributed by atoms with Crippen molar-refractivity contribution in [2.75, 3.05) is 26.2 Å². The molecule has 1 aromatic rings. The third-order valence-corrected chi connectivity index (χ3v) is 4.47. The summed E-state index contributed by atoms with van der Waals surface area (Å²) in [4.78, 5) is 7.12. The normalized spacial score (nSPS) is 13.2. The molecule has 0 radical (unpaired) electrons. The number of nitrogens with one attached hydrogen (secondary N) is 2. The van der Waals surface area contributed by atoms with Gasteiger partial charge in [0.2, 0.25) is 0 Å². The number of hydrogen-bond donors (Lipinski definition) is 2. The smallest absolute Gasteiger partial charge is 0.191 e. The number of benzene rings is 1. The molecular formula is C19H33ClN4. The monoisotopic (exact) mass is 352 g/mol. The molecule has 0 aliphatic heterocycles. The van der Waals surface area contributed by atoms with E-state index in [1.165, 1.54) is 6.42 Å². The van der Waals surface area contributed by atoms with Gasteiger partial charge in [0, 0.05) is 17.6 Å². The van der Waals surface area contributed by atoms with Crippen LogP contribution in [0.1, 0.15) is 46.1 Å². The summed E-state index contributed by atoms with van der Waals surface area (Å²) in [6.07, 6.45) is 2.33. The molecule has 0 spiro atoms. The predicted octanol–water partition coefficient (Wildman–Crippen LogP) is 3.91. The van der Waals surface area contributed by atoms with Gasteiger partial charge in [-0.25, -0.2) is 4.99 Å². The van der Waals surface area contributed by atoms with E-state index >= 15 is 0 Å². The van der Waals surface area contributed by atoms with Crippen LogP contribution >= 0.6 is 11.6 Å². The quantitative estimate of drug-likeness (QED) is 0.495. The molecule has 24 heavy (non-hydrogen) atoms. The van der Waals surface area contributed by atoms with Gasteiger partial charge in [0.25, 0.3) is 0 Å². The second kappa shape index (κ2) is 12.2. The summed E-state index contributed by atoms with van der Waals surface area (Å²) in [5.74, 6) is 0.854. The van der Waals surface area contributed by atoms with Gasteiger partial charge in [0.05, 0.1) is 6.54 Å². The Kier molecular flexibility index (Phi) is 10.5. The fraction of sp³-hybridized carbons (Fsp3) is 0.632. The Labute approximate surface area is 152 Å². The van der Waals surface area contributed by atoms with Gasteiger partial charge in [0.1, 0.15) is 0 Å². The van der Waals surface area contributed by atoms with E-state index in [4.69, 9.17) is 11.6 Å². The van der Waals surface area contributed by atoms with Gasteiger partial charge in [-0.2, -0.15) is 0 Å². The van der Waals surface area contributed by atoms with Crippen molar-refractivity contribution in [1.29, 1.82) is 0 Å². The fourth-order valence-electron chi connectivity index (χ4n) is 2.58. The maximum absolute atomic E-state index is 6.20. The number of halogens is 1. The molecule has 2 N–H and O–H groups in total. The molecule has 0 amide bonds. The highest BCUT2D eigenvalue weighted by Crippen LogP contribution is 2.15. The average Bonchev–Trinajstić information content (AvgIpc) is 2.58. The molecule has 0 bridgehead atoms. The lowest BCUT2D eigenvalue weighted by Crippen LogP contribution is -2.42. The van der Waals surface area contributed by atoms with Gasteiger partial charge >= 0.3 is 0 Å². The van der Waals surface area contributed by atoms with Gasteiger partial charge in [-0.1, -0.05) is 43.6 Å². The summed E-state index contributed by atoms with van der Waals surface area (Å²) in [6, 6.07) is 8.25. The first-order chi connectivity index (χ1) is 11.6. The molecular weight excluding hydrogens is 320 g/mol. The molecule has 5 heteroatoms. The maximum Gasteiger partial charge on any atom is 0.191 e. The molecule has 1 atom stereocenters. The minimum absolute atomic E-state index is 0.393. The Morgan fingerprint density at radius 2 is 1.92 bits per heavy atom. The van der Waals surface area contributed by atoms with Gasteiger partial charge in [-0.05, 0) is 58.0 Å². The first-order valence-corrected chi connectivity index (χ1v) is 9.49. The lowest BCUT2D eigenvalue weighted by atomic mass is 10.2. The molecule has 4 nitrogen and oxygen atoms in total. The molecule has 1 rings (SSSR count). The second-order valence-corrected chi connectivity index (χ2v) is 6.41. The van der Waals surface area contributed by atoms with Crippen molar-refractivity contribution in [3.05, 3.63) is 34.9 Å². The second-order valence-electron chi connectivity index (χ2n) is 6.00. The van der Waals surface area contributed by atoms with Crippen molar-refractivity contribution in [1.82, 2.24) is 15.5 Å². The summed E-state index contributed by atoms with van der Waals surface area (Å²) >= 11 is 6.20. The molecule has 0 saturated heterocycles. The lowest BCUT2D eigenvalue weighted by Gasteiger charge is -2.21. The zero-order chi connectivity index (χ0) is 17.8. The first-order valence-electron chi connectivity index (χ1n) is 9.11. The molecule has 0 aromatic heterocycles. The molecule has 0 saturated carbocycles. The molecule has 136 valence electrons. The Bertz CT molecular complexity index is 486. The van der Waals surface area contributed by atoms with Gasteiger partial charge in [-0.3, -0.25) is 0 Å². The largest absolute Gasteiger partial charge is 0.357 e. The Hall–Kier alpha value is -1.26. The van der Waals surface area contributed by atoms with Gasteiger partial charge < -0.3 is 15.5 Å². The zero-order valence-electron chi connectivity index (χ0n) is 15.6. The first kappa shape index (κ1) is 20.8. The lowest BCUT2D eigenvalue weighted by molar-refractivity contribution is 0.292. The third-order valence-electron chi connectivity index (χ3n) is 4.10. The average molecular weight is 353 g/mol. The van der Waals surface area contributed by atoms with Crippen molar-refractivity contribution >= 4 is 17.6 Å². The Morgan fingerprint density at radius 1 is 1.21 bits per heavy atom. The molecule has 0 fully saturated rings. The minimum Gasteiger partial charge on any atom is -0.357 e. The van der Waals surface area contributed by atoms with E-state index in [1.807, 2.05) is 24.3 Å². The fourth-order valence-corrected chi connectivity index (χ4v) is 2.77. The summed E-state index contributed by atoms with van der Waals surface area (Å²) in [6.45, 7) is 13.6. The van der Waals surface area contributed by atoms with Crippen molar-refractivity contribution in [2.45, 2.75) is 53.1 Å². The van der Waals surface area contributed by atoms with Crippen LogP contribution < -0.4 is 10.6 Å². The summed E-state index contributed by atoms with van der Waals surface area (Å²) in [5, 5.41) is 7.57. The van der Waals surface area contributed by atoms with Crippen molar-refractivity contribution < 1.29 is 0 Å². The standard InChI is InChI=1S/C19H33ClN4/c1-5-21-19(22-15-17-12-8-9-13-18(17)20)23-16(4)11-10-14-24(6-2)7-3/h8-9,12-13,16H,5-7,10-11,14-15H2,1-4H3,(H2,21,22,23). The van der Waals surface area contributed by atoms with Crippen molar-refractivity contribution in [3.63, 3.8) is 0 Å². The summed E-state index contributed by atoms with van der Waals surface area (Å²) in [5.41, 5.74) is 1.05. The van der Waals surface area contributed by atoms with Crippen LogP contribution in [0.4, 0.5) is 0 Å². The highest BCUT2D eigenvalue weighted by molar-refractivity contribution is 6.31. The topological polar surface area (TPSA) is 39.7 Å². The molecule has 0 heterocycles. The van der Waals surface area contributed by atoms with Crippen molar-refractivity contribution in [3.8, 4) is 0 Å². The van der Waals surface area contributed by atoms with Crippen LogP contribution in [-0.4, -0.2) is 43.1 Å². The van der Waals surface area contributed by atoms with Crippen LogP contribution in [0.3, 0.4) is 0 Å². The van der Waals surface area contributed by atoms with E-state index in [-0.39, 0.29) is 0 Å². The molecule has 0 aliphatic rings. The highest BCUT2D eigenvalue weighted by Gasteiger charge is 2.07. The number of hydrogen-bond acceptors (Lipinski definition) is 2. The SMILES string of the molecule is CCNC(=NCc1ccccc1Cl)NC(C)CCCN(CC)CC. The maximum atomic E-state index is 6.20. The van der Waals surface area contributed by atoms with Crippen LogP contribution in [0.2, 0.25) is 5.02 Å². The van der Waals surface area contributed by atoms with Crippen LogP contribution in [0.15, 0.2) is 29.3 Å².